The molecule has 1 saturated carbocycles. The third-order valence-corrected chi connectivity index (χ3v) is 5.87. The van der Waals surface area contributed by atoms with Crippen LogP contribution in [0.25, 0.3) is 5.78 Å². The second-order valence-corrected chi connectivity index (χ2v) is 8.39. The van der Waals surface area contributed by atoms with Gasteiger partial charge in [0.25, 0.3) is 5.56 Å². The quantitative estimate of drug-likeness (QED) is 0.757. The minimum absolute atomic E-state index is 0.108. The normalized spacial score (nSPS) is 23.6. The topological polar surface area (TPSA) is 73.8 Å². The molecule has 0 saturated heterocycles. The Hall–Kier alpha value is -2.18. The molecule has 2 aromatic heterocycles. The largest absolute Gasteiger partial charge is 0.389 e. The molecule has 0 amide bonds. The van der Waals surface area contributed by atoms with Crippen LogP contribution in [0, 0.1) is 0 Å². The summed E-state index contributed by atoms with van der Waals surface area (Å²) in [6.45, 7) is 10.4. The molecule has 7 heteroatoms. The minimum Gasteiger partial charge on any atom is -0.389 e. The van der Waals surface area contributed by atoms with Crippen LogP contribution in [0.15, 0.2) is 16.3 Å². The number of rotatable bonds is 4. The summed E-state index contributed by atoms with van der Waals surface area (Å²) >= 11 is 0. The number of aryl methyl sites for hydroxylation is 1. The zero-order valence-corrected chi connectivity index (χ0v) is 18.6. The number of hydrogen-bond acceptors (Lipinski definition) is 5. The van der Waals surface area contributed by atoms with Gasteiger partial charge in [0.15, 0.2) is 0 Å². The van der Waals surface area contributed by atoms with E-state index < -0.39 is 0 Å². The van der Waals surface area contributed by atoms with Gasteiger partial charge in [-0.15, -0.1) is 0 Å². The van der Waals surface area contributed by atoms with Crippen molar-refractivity contribution >= 4 is 11.5 Å². The molecule has 1 aliphatic carbocycles. The smallest absolute Gasteiger partial charge is 0.258 e. The van der Waals surface area contributed by atoms with E-state index in [-0.39, 0.29) is 17.2 Å². The fraction of sp³-hybridized carbons (Fsp3) is 0.727. The minimum atomic E-state index is -0.149. The lowest BCUT2D eigenvalue weighted by Gasteiger charge is -2.35. The molecule has 2 aliphatic rings. The van der Waals surface area contributed by atoms with Gasteiger partial charge in [0, 0.05) is 18.0 Å². The van der Waals surface area contributed by atoms with Crippen molar-refractivity contribution in [2.75, 3.05) is 0 Å². The van der Waals surface area contributed by atoms with Crippen molar-refractivity contribution in [1.29, 1.82) is 0 Å². The third kappa shape index (κ3) is 4.09. The van der Waals surface area contributed by atoms with Crippen LogP contribution in [0.4, 0.5) is 0 Å². The zero-order valence-electron chi connectivity index (χ0n) is 18.6. The number of fused-ring (bicyclic) bond motifs is 1. The summed E-state index contributed by atoms with van der Waals surface area (Å²) in [5.74, 6) is 0.677. The van der Waals surface area contributed by atoms with E-state index >= 15 is 0 Å². The Balaban J connectivity index is 0.000000755. The first kappa shape index (κ1) is 21.5. The second kappa shape index (κ2) is 9.09. The number of aromatic nitrogens is 4. The van der Waals surface area contributed by atoms with Gasteiger partial charge in [0.2, 0.25) is 5.78 Å². The lowest BCUT2D eigenvalue weighted by Crippen LogP contribution is -2.39. The van der Waals surface area contributed by atoms with Crippen LogP contribution in [0.3, 0.4) is 0 Å². The van der Waals surface area contributed by atoms with Crippen LogP contribution in [0.2, 0.25) is 0 Å². The third-order valence-electron chi connectivity index (χ3n) is 5.87. The van der Waals surface area contributed by atoms with Gasteiger partial charge in [0.1, 0.15) is 11.9 Å². The molecule has 7 nitrogen and oxygen atoms in total. The predicted molar refractivity (Wildman–Crippen MR) is 116 cm³/mol. The summed E-state index contributed by atoms with van der Waals surface area (Å²) in [5, 5.41) is 8.58. The summed E-state index contributed by atoms with van der Waals surface area (Å²) < 4.78 is 3.77. The van der Waals surface area contributed by atoms with Gasteiger partial charge in [-0.2, -0.15) is 10.1 Å². The van der Waals surface area contributed by atoms with Crippen LogP contribution in [-0.4, -0.2) is 30.5 Å². The molecular weight excluding hydrogens is 366 g/mol. The first-order valence-corrected chi connectivity index (χ1v) is 11.2. The fourth-order valence-corrected chi connectivity index (χ4v) is 4.62. The van der Waals surface area contributed by atoms with E-state index in [0.717, 1.165) is 68.3 Å². The number of oxime groups is 1. The average molecular weight is 402 g/mol. The highest BCUT2D eigenvalue weighted by molar-refractivity contribution is 5.83. The molecule has 0 unspecified atom stereocenters. The molecule has 3 heterocycles. The highest BCUT2D eigenvalue weighted by Crippen LogP contribution is 2.42. The molecule has 1 aliphatic heterocycles. The molecule has 1 spiro atoms. The van der Waals surface area contributed by atoms with E-state index in [9.17, 15) is 4.79 Å². The van der Waals surface area contributed by atoms with Crippen LogP contribution in [-0.2, 0) is 17.7 Å². The van der Waals surface area contributed by atoms with E-state index in [2.05, 4.69) is 36.0 Å². The average Bonchev–Trinajstić information content (AvgIpc) is 3.31. The van der Waals surface area contributed by atoms with Gasteiger partial charge >= 0.3 is 0 Å². The van der Waals surface area contributed by atoms with Gasteiger partial charge in [-0.25, -0.2) is 4.52 Å². The first-order valence-electron chi connectivity index (χ1n) is 11.2. The van der Waals surface area contributed by atoms with E-state index in [1.165, 1.54) is 6.42 Å². The van der Waals surface area contributed by atoms with Crippen molar-refractivity contribution in [3.8, 4) is 0 Å². The van der Waals surface area contributed by atoms with Gasteiger partial charge in [-0.1, -0.05) is 45.7 Å². The summed E-state index contributed by atoms with van der Waals surface area (Å²) in [6, 6.07) is 0.144. The van der Waals surface area contributed by atoms with E-state index in [4.69, 9.17) is 4.84 Å². The van der Waals surface area contributed by atoms with Gasteiger partial charge in [-0.3, -0.25) is 9.36 Å². The van der Waals surface area contributed by atoms with Crippen molar-refractivity contribution in [3.63, 3.8) is 0 Å². The molecule has 29 heavy (non-hydrogen) atoms. The Kier molecular flexibility index (Phi) is 6.75. The Labute approximate surface area is 173 Å². The molecule has 0 aromatic carbocycles. The summed E-state index contributed by atoms with van der Waals surface area (Å²) in [7, 11) is 0. The fourth-order valence-electron chi connectivity index (χ4n) is 4.62. The summed E-state index contributed by atoms with van der Waals surface area (Å²) in [6.07, 6.45) is 9.91. The molecule has 0 atom stereocenters. The first-order chi connectivity index (χ1) is 14.0. The summed E-state index contributed by atoms with van der Waals surface area (Å²) in [4.78, 5) is 23.5. The zero-order chi connectivity index (χ0) is 21.0. The van der Waals surface area contributed by atoms with Crippen molar-refractivity contribution in [1.82, 2.24) is 19.2 Å². The van der Waals surface area contributed by atoms with Crippen molar-refractivity contribution in [2.45, 2.75) is 104 Å². The van der Waals surface area contributed by atoms with E-state index in [1.807, 2.05) is 22.9 Å². The lowest BCUT2D eigenvalue weighted by molar-refractivity contribution is -0.0528. The van der Waals surface area contributed by atoms with Crippen molar-refractivity contribution in [2.24, 2.45) is 5.16 Å². The van der Waals surface area contributed by atoms with Crippen LogP contribution in [0.1, 0.15) is 96.9 Å². The second-order valence-electron chi connectivity index (χ2n) is 8.39. The lowest BCUT2D eigenvalue weighted by atomic mass is 9.79. The molecule has 0 N–H and O–H groups in total. The molecule has 160 valence electrons. The van der Waals surface area contributed by atoms with Gasteiger partial charge in [-0.05, 0) is 45.4 Å². The molecule has 0 radical (unpaired) electrons. The maximum atomic E-state index is 13.3. The Morgan fingerprint density at radius 3 is 2.45 bits per heavy atom. The SMILES string of the molecule is CCC.CCCc1c(CC)c(=O)n(C2CCC3(CC2)CC(C)=NO3)c2ncnn12. The molecular formula is C22H35N5O2. The van der Waals surface area contributed by atoms with Crippen LogP contribution < -0.4 is 5.56 Å². The predicted octanol–water partition coefficient (Wildman–Crippen LogP) is 4.47. The van der Waals surface area contributed by atoms with Crippen LogP contribution >= 0.6 is 0 Å². The number of nitrogens with zero attached hydrogens (tertiary/aromatic N) is 5. The van der Waals surface area contributed by atoms with Gasteiger partial charge < -0.3 is 4.84 Å². The molecule has 0 bridgehead atoms. The Bertz CT molecular complexity index is 919. The standard InChI is InChI=1S/C19H27N5O2.C3H8/c1-4-6-16-15(5-2)17(25)23(18-20-12-21-24(16)18)14-7-9-19(10-8-14)11-13(3)22-26-19;1-3-2/h12,14H,4-11H2,1-3H3;3H2,1-2H3. The molecule has 2 aromatic rings. The monoisotopic (exact) mass is 401 g/mol. The Morgan fingerprint density at radius 2 is 1.90 bits per heavy atom. The van der Waals surface area contributed by atoms with Crippen molar-refractivity contribution in [3.05, 3.63) is 27.9 Å². The van der Waals surface area contributed by atoms with Crippen molar-refractivity contribution < 1.29 is 4.84 Å². The molecule has 1 fully saturated rings. The molecule has 4 rings (SSSR count). The van der Waals surface area contributed by atoms with Gasteiger partial charge in [0.05, 0.1) is 11.4 Å². The van der Waals surface area contributed by atoms with E-state index in [0.29, 0.717) is 5.78 Å². The number of hydrogen-bond donors (Lipinski definition) is 0. The van der Waals surface area contributed by atoms with Crippen LogP contribution in [0.5, 0.6) is 0 Å². The maximum absolute atomic E-state index is 13.3. The maximum Gasteiger partial charge on any atom is 0.258 e. The Morgan fingerprint density at radius 1 is 1.21 bits per heavy atom. The van der Waals surface area contributed by atoms with E-state index in [1.54, 1.807) is 6.33 Å². The summed E-state index contributed by atoms with van der Waals surface area (Å²) in [5.41, 5.74) is 2.92. The highest BCUT2D eigenvalue weighted by Gasteiger charge is 2.42. The highest BCUT2D eigenvalue weighted by atomic mass is 16.7.